The van der Waals surface area contributed by atoms with E-state index in [2.05, 4.69) is 15.3 Å². The van der Waals surface area contributed by atoms with Gasteiger partial charge in [-0.2, -0.15) is 4.79 Å². The molecule has 0 amide bonds. The summed E-state index contributed by atoms with van der Waals surface area (Å²) in [5.41, 5.74) is 2.55. The van der Waals surface area contributed by atoms with Gasteiger partial charge in [0.2, 0.25) is 0 Å². The molecule has 0 atom stereocenters. The predicted octanol–water partition coefficient (Wildman–Crippen LogP) is 0.376. The van der Waals surface area contributed by atoms with Gasteiger partial charge in [-0.05, 0) is 24.3 Å². The summed E-state index contributed by atoms with van der Waals surface area (Å²) in [6, 6.07) is 3.69. The van der Waals surface area contributed by atoms with E-state index in [0.29, 0.717) is 13.0 Å². The van der Waals surface area contributed by atoms with Gasteiger partial charge < -0.3 is 0 Å². The number of hydrogen-bond donors (Lipinski definition) is 0. The molecule has 6 nitrogen and oxygen atoms in total. The summed E-state index contributed by atoms with van der Waals surface area (Å²) in [5, 5.41) is 9.89. The topological polar surface area (TPSA) is 63.9 Å². The van der Waals surface area contributed by atoms with E-state index in [1.807, 2.05) is 24.1 Å². The van der Waals surface area contributed by atoms with Crippen molar-refractivity contribution >= 4 is 11.5 Å². The minimum Gasteiger partial charge on any atom is -0.297 e. The molecule has 2 aromatic rings. The van der Waals surface area contributed by atoms with Crippen LogP contribution in [-0.4, -0.2) is 32.4 Å². The maximum absolute atomic E-state index is 11.7. The SMILES string of the molecule is Cc1nnn2c1CC(=O)CN2c1ccncc1. The number of hydrogen-bond acceptors (Lipinski definition) is 5. The fourth-order valence-corrected chi connectivity index (χ4v) is 1.95. The van der Waals surface area contributed by atoms with Crippen molar-refractivity contribution in [2.75, 3.05) is 11.6 Å². The quantitative estimate of drug-likeness (QED) is 0.707. The highest BCUT2D eigenvalue weighted by atomic mass is 16.1. The van der Waals surface area contributed by atoms with Gasteiger partial charge in [0, 0.05) is 12.4 Å². The van der Waals surface area contributed by atoms with Crippen molar-refractivity contribution in [2.45, 2.75) is 13.3 Å². The molecular weight excluding hydrogens is 218 g/mol. The molecule has 0 aromatic carbocycles. The van der Waals surface area contributed by atoms with E-state index in [9.17, 15) is 4.79 Å². The normalized spacial score (nSPS) is 14.9. The molecule has 3 heterocycles. The van der Waals surface area contributed by atoms with Crippen LogP contribution in [0.3, 0.4) is 0 Å². The third-order valence-electron chi connectivity index (χ3n) is 2.82. The van der Waals surface area contributed by atoms with Gasteiger partial charge in [-0.15, -0.1) is 5.10 Å². The lowest BCUT2D eigenvalue weighted by Gasteiger charge is -2.28. The molecule has 1 aliphatic heterocycles. The zero-order valence-corrected chi connectivity index (χ0v) is 9.37. The Bertz CT molecular complexity index is 562. The van der Waals surface area contributed by atoms with Crippen LogP contribution in [0.15, 0.2) is 24.5 Å². The van der Waals surface area contributed by atoms with Gasteiger partial charge in [0.25, 0.3) is 0 Å². The third-order valence-corrected chi connectivity index (χ3v) is 2.82. The average molecular weight is 229 g/mol. The highest BCUT2D eigenvalue weighted by molar-refractivity contribution is 5.86. The number of fused-ring (bicyclic) bond motifs is 1. The first-order valence-corrected chi connectivity index (χ1v) is 5.36. The highest BCUT2D eigenvalue weighted by Crippen LogP contribution is 2.19. The Morgan fingerprint density at radius 1 is 1.29 bits per heavy atom. The zero-order valence-electron chi connectivity index (χ0n) is 9.37. The van der Waals surface area contributed by atoms with E-state index < -0.39 is 0 Å². The number of pyridine rings is 1. The molecule has 0 saturated carbocycles. The zero-order chi connectivity index (χ0) is 11.8. The van der Waals surface area contributed by atoms with Gasteiger partial charge >= 0.3 is 0 Å². The molecule has 0 radical (unpaired) electrons. The fraction of sp³-hybridized carbons (Fsp3) is 0.273. The Balaban J connectivity index is 2.10. The number of carbonyl (C=O) groups excluding carboxylic acids is 1. The first-order chi connectivity index (χ1) is 8.25. The lowest BCUT2D eigenvalue weighted by molar-refractivity contribution is -0.118. The van der Waals surface area contributed by atoms with Crippen LogP contribution >= 0.6 is 0 Å². The Morgan fingerprint density at radius 2 is 2.06 bits per heavy atom. The fourth-order valence-electron chi connectivity index (χ4n) is 1.95. The predicted molar refractivity (Wildman–Crippen MR) is 60.5 cm³/mol. The number of rotatable bonds is 1. The summed E-state index contributed by atoms with van der Waals surface area (Å²) in [6.45, 7) is 2.18. The van der Waals surface area contributed by atoms with E-state index in [0.717, 1.165) is 17.1 Å². The molecule has 6 heteroatoms. The number of ketones is 1. The molecule has 0 saturated heterocycles. The van der Waals surface area contributed by atoms with Crippen LogP contribution < -0.4 is 5.01 Å². The van der Waals surface area contributed by atoms with Crippen molar-refractivity contribution in [3.05, 3.63) is 35.9 Å². The van der Waals surface area contributed by atoms with E-state index >= 15 is 0 Å². The molecule has 17 heavy (non-hydrogen) atoms. The molecule has 0 spiro atoms. The van der Waals surface area contributed by atoms with Crippen molar-refractivity contribution in [3.8, 4) is 0 Å². The molecule has 0 fully saturated rings. The Morgan fingerprint density at radius 3 is 2.82 bits per heavy atom. The minimum absolute atomic E-state index is 0.166. The number of carbonyl (C=O) groups is 1. The van der Waals surface area contributed by atoms with E-state index in [1.54, 1.807) is 17.2 Å². The van der Waals surface area contributed by atoms with Crippen molar-refractivity contribution in [2.24, 2.45) is 0 Å². The number of nitrogens with zero attached hydrogens (tertiary/aromatic N) is 5. The summed E-state index contributed by atoms with van der Waals surface area (Å²) >= 11 is 0. The summed E-state index contributed by atoms with van der Waals surface area (Å²) in [5.74, 6) is 0.166. The molecule has 0 N–H and O–H groups in total. The molecule has 3 rings (SSSR count). The van der Waals surface area contributed by atoms with Crippen molar-refractivity contribution < 1.29 is 4.79 Å². The third kappa shape index (κ3) is 1.57. The molecule has 2 aromatic heterocycles. The van der Waals surface area contributed by atoms with Gasteiger partial charge in [-0.25, -0.2) is 0 Å². The van der Waals surface area contributed by atoms with Crippen LogP contribution in [0.2, 0.25) is 0 Å². The summed E-state index contributed by atoms with van der Waals surface area (Å²) in [6.07, 6.45) is 3.79. The molecular formula is C11H11N5O. The number of aryl methyl sites for hydroxylation is 1. The lowest BCUT2D eigenvalue weighted by atomic mass is 10.1. The second-order valence-electron chi connectivity index (χ2n) is 3.99. The summed E-state index contributed by atoms with van der Waals surface area (Å²) in [4.78, 5) is 17.4. The second kappa shape index (κ2) is 3.65. The smallest absolute Gasteiger partial charge is 0.160 e. The lowest BCUT2D eigenvalue weighted by Crippen LogP contribution is -2.42. The first-order valence-electron chi connectivity index (χ1n) is 5.36. The molecule has 0 bridgehead atoms. The van der Waals surface area contributed by atoms with Gasteiger partial charge in [0.15, 0.2) is 5.78 Å². The second-order valence-corrected chi connectivity index (χ2v) is 3.99. The van der Waals surface area contributed by atoms with Crippen LogP contribution in [0.1, 0.15) is 11.4 Å². The Labute approximate surface area is 97.8 Å². The van der Waals surface area contributed by atoms with Crippen molar-refractivity contribution in [3.63, 3.8) is 0 Å². The van der Waals surface area contributed by atoms with E-state index in [1.165, 1.54) is 0 Å². The largest absolute Gasteiger partial charge is 0.297 e. The van der Waals surface area contributed by atoms with Gasteiger partial charge in [-0.3, -0.25) is 14.8 Å². The number of aromatic nitrogens is 4. The van der Waals surface area contributed by atoms with Crippen molar-refractivity contribution in [1.82, 2.24) is 20.1 Å². The van der Waals surface area contributed by atoms with Crippen LogP contribution in [0.25, 0.3) is 0 Å². The van der Waals surface area contributed by atoms with Crippen LogP contribution in [0.4, 0.5) is 5.69 Å². The molecule has 1 aliphatic rings. The van der Waals surface area contributed by atoms with E-state index in [4.69, 9.17) is 0 Å². The average Bonchev–Trinajstić information content (AvgIpc) is 2.72. The maximum Gasteiger partial charge on any atom is 0.160 e. The standard InChI is InChI=1S/C11H11N5O/c1-8-11-6-10(17)7-15(16(11)14-13-8)9-2-4-12-5-3-9/h2-5H,6-7H2,1H3. The van der Waals surface area contributed by atoms with Crippen LogP contribution in [-0.2, 0) is 11.2 Å². The van der Waals surface area contributed by atoms with Crippen molar-refractivity contribution in [1.29, 1.82) is 0 Å². The van der Waals surface area contributed by atoms with Crippen LogP contribution in [0.5, 0.6) is 0 Å². The first kappa shape index (κ1) is 9.95. The molecule has 0 unspecified atom stereocenters. The Kier molecular flexibility index (Phi) is 2.14. The van der Waals surface area contributed by atoms with Gasteiger partial charge in [0.05, 0.1) is 23.5 Å². The van der Waals surface area contributed by atoms with Gasteiger partial charge in [0.1, 0.15) is 6.54 Å². The summed E-state index contributed by atoms with van der Waals surface area (Å²) < 4.78 is 0. The van der Waals surface area contributed by atoms with Gasteiger partial charge in [-0.1, -0.05) is 0 Å². The highest BCUT2D eigenvalue weighted by Gasteiger charge is 2.26. The number of Topliss-reactive ketones (excluding diaryl/α,β-unsaturated/α-hetero) is 1. The monoisotopic (exact) mass is 229 g/mol. The minimum atomic E-state index is 0.166. The Hall–Kier alpha value is -2.24. The van der Waals surface area contributed by atoms with E-state index in [-0.39, 0.29) is 5.78 Å². The van der Waals surface area contributed by atoms with Crippen LogP contribution in [0, 0.1) is 6.92 Å². The number of anilines is 1. The summed E-state index contributed by atoms with van der Waals surface area (Å²) in [7, 11) is 0. The maximum atomic E-state index is 11.7. The molecule has 0 aliphatic carbocycles. The molecule has 86 valence electrons.